The fraction of sp³-hybridized carbons (Fsp3) is 0.167. The van der Waals surface area contributed by atoms with Crippen molar-refractivity contribution in [1.82, 2.24) is 4.57 Å². The first-order valence-corrected chi connectivity index (χ1v) is 13.6. The number of methoxy groups -OCH3 is 2. The number of rotatable bonds is 8. The third kappa shape index (κ3) is 5.03. The first-order valence-electron chi connectivity index (χ1n) is 12.8. The minimum atomic E-state index is -0.976. The van der Waals surface area contributed by atoms with Crippen LogP contribution < -0.4 is 24.4 Å². The Bertz CT molecular complexity index is 1910. The Labute approximate surface area is 243 Å². The number of carbonyl (C=O) groups excluding carboxylic acids is 1. The zero-order valence-electron chi connectivity index (χ0n) is 22.8. The Morgan fingerprint density at radius 3 is 2.50 bits per heavy atom. The van der Waals surface area contributed by atoms with Crippen molar-refractivity contribution in [3.05, 3.63) is 119 Å². The van der Waals surface area contributed by atoms with Gasteiger partial charge >= 0.3 is 11.7 Å². The third-order valence-electron chi connectivity index (χ3n) is 6.63. The Hall–Kier alpha value is -5.23. The molecule has 3 aromatic carbocycles. The molecule has 0 aliphatic carbocycles. The monoisotopic (exact) mass is 587 g/mol. The lowest BCUT2D eigenvalue weighted by Crippen LogP contribution is -2.40. The number of para-hydroxylation sites is 1. The van der Waals surface area contributed by atoms with E-state index in [1.54, 1.807) is 37.3 Å². The molecule has 0 radical (unpaired) electrons. The van der Waals surface area contributed by atoms with Gasteiger partial charge in [0, 0.05) is 17.2 Å². The summed E-state index contributed by atoms with van der Waals surface area (Å²) in [6.07, 6.45) is 1.37. The summed E-state index contributed by atoms with van der Waals surface area (Å²) in [5.74, 6) is -0.368. The molecule has 12 heteroatoms. The standard InChI is InChI=1S/C30H25N3O8S/c1-4-41-29(36)24-25(17-9-6-5-7-10-17)31-30-32(26(24)18-13-14-21(39-2)22(15-18)40-3)28(35)23(42-30)16-19-11-8-12-20(27(19)34)33(37)38/h5-16,26,34H,4H2,1-3H3/t26-/m1/s1. The number of aromatic nitrogens is 1. The van der Waals surface area contributed by atoms with Gasteiger partial charge in [0.25, 0.3) is 5.56 Å². The van der Waals surface area contributed by atoms with Gasteiger partial charge in [-0.05, 0) is 30.7 Å². The maximum Gasteiger partial charge on any atom is 0.338 e. The highest BCUT2D eigenvalue weighted by molar-refractivity contribution is 7.07. The number of fused-ring (bicyclic) bond motifs is 1. The molecule has 1 aliphatic rings. The highest BCUT2D eigenvalue weighted by Gasteiger charge is 2.35. The number of benzene rings is 3. The fourth-order valence-corrected chi connectivity index (χ4v) is 5.72. The lowest BCUT2D eigenvalue weighted by Gasteiger charge is -2.26. The smallest absolute Gasteiger partial charge is 0.338 e. The van der Waals surface area contributed by atoms with Gasteiger partial charge in [0.1, 0.15) is 0 Å². The molecular formula is C30H25N3O8S. The van der Waals surface area contributed by atoms with Crippen LogP contribution in [-0.2, 0) is 9.53 Å². The second-order valence-corrected chi connectivity index (χ2v) is 10.0. The first kappa shape index (κ1) is 28.3. The second-order valence-electron chi connectivity index (χ2n) is 9.02. The predicted octanol–water partition coefficient (Wildman–Crippen LogP) is 3.57. The summed E-state index contributed by atoms with van der Waals surface area (Å²) in [5, 5.41) is 21.9. The van der Waals surface area contributed by atoms with Crippen LogP contribution >= 0.6 is 11.3 Å². The van der Waals surface area contributed by atoms with Crippen molar-refractivity contribution in [2.24, 2.45) is 4.99 Å². The predicted molar refractivity (Wildman–Crippen MR) is 155 cm³/mol. The summed E-state index contributed by atoms with van der Waals surface area (Å²) in [5.41, 5.74) is 0.733. The van der Waals surface area contributed by atoms with Crippen LogP contribution in [-0.4, -0.2) is 41.4 Å². The van der Waals surface area contributed by atoms with E-state index in [0.717, 1.165) is 11.3 Å². The maximum absolute atomic E-state index is 14.0. The van der Waals surface area contributed by atoms with Gasteiger partial charge in [0.15, 0.2) is 16.3 Å². The number of nitrogens with zero attached hydrogens (tertiary/aromatic N) is 3. The molecule has 0 amide bonds. The summed E-state index contributed by atoms with van der Waals surface area (Å²) in [4.78, 5) is 43.3. The topological polar surface area (TPSA) is 142 Å². The highest BCUT2D eigenvalue weighted by atomic mass is 32.1. The zero-order chi connectivity index (χ0) is 30.0. The van der Waals surface area contributed by atoms with Gasteiger partial charge in [-0.2, -0.15) is 0 Å². The van der Waals surface area contributed by atoms with E-state index < -0.39 is 33.9 Å². The van der Waals surface area contributed by atoms with Crippen LogP contribution in [0.1, 0.15) is 29.7 Å². The Morgan fingerprint density at radius 2 is 1.83 bits per heavy atom. The van der Waals surface area contributed by atoms with Crippen LogP contribution in [0.5, 0.6) is 17.2 Å². The summed E-state index contributed by atoms with van der Waals surface area (Å²) < 4.78 is 17.9. The molecule has 1 aliphatic heterocycles. The third-order valence-corrected chi connectivity index (χ3v) is 7.61. The van der Waals surface area contributed by atoms with Gasteiger partial charge in [0.2, 0.25) is 5.75 Å². The number of hydrogen-bond acceptors (Lipinski definition) is 10. The van der Waals surface area contributed by atoms with E-state index in [-0.39, 0.29) is 27.1 Å². The molecule has 42 heavy (non-hydrogen) atoms. The van der Waals surface area contributed by atoms with Crippen LogP contribution in [0, 0.1) is 10.1 Å². The maximum atomic E-state index is 14.0. The van der Waals surface area contributed by atoms with Crippen molar-refractivity contribution >= 4 is 34.8 Å². The molecule has 1 N–H and O–H groups in total. The molecule has 1 aromatic heterocycles. The Kier molecular flexibility index (Phi) is 7.89. The van der Waals surface area contributed by atoms with Crippen LogP contribution in [0.2, 0.25) is 0 Å². The molecule has 214 valence electrons. The van der Waals surface area contributed by atoms with Crippen LogP contribution in [0.3, 0.4) is 0 Å². The lowest BCUT2D eigenvalue weighted by molar-refractivity contribution is -0.385. The molecule has 0 saturated carbocycles. The number of nitro benzene ring substituents is 1. The lowest BCUT2D eigenvalue weighted by atomic mass is 9.93. The number of thiazole rings is 1. The van der Waals surface area contributed by atoms with Crippen molar-refractivity contribution in [1.29, 1.82) is 0 Å². The van der Waals surface area contributed by atoms with Gasteiger partial charge in [-0.3, -0.25) is 19.5 Å². The molecule has 2 heterocycles. The quantitative estimate of drug-likeness (QED) is 0.187. The number of carbonyl (C=O) groups is 1. The molecular weight excluding hydrogens is 562 g/mol. The van der Waals surface area contributed by atoms with Crippen molar-refractivity contribution in [3.8, 4) is 17.2 Å². The average Bonchev–Trinajstić information content (AvgIpc) is 3.31. The number of phenols is 1. The largest absolute Gasteiger partial charge is 0.502 e. The van der Waals surface area contributed by atoms with E-state index >= 15 is 0 Å². The van der Waals surface area contributed by atoms with Crippen LogP contribution in [0.15, 0.2) is 82.1 Å². The number of esters is 1. The molecule has 1 atom stereocenters. The summed E-state index contributed by atoms with van der Waals surface area (Å²) in [6.45, 7) is 1.78. The van der Waals surface area contributed by atoms with E-state index in [9.17, 15) is 24.8 Å². The molecule has 11 nitrogen and oxygen atoms in total. The van der Waals surface area contributed by atoms with E-state index in [1.807, 2.05) is 18.2 Å². The Balaban J connectivity index is 1.85. The van der Waals surface area contributed by atoms with Crippen molar-refractivity contribution < 1.29 is 29.0 Å². The zero-order valence-corrected chi connectivity index (χ0v) is 23.6. The molecule has 0 unspecified atom stereocenters. The van der Waals surface area contributed by atoms with Crippen molar-refractivity contribution in [2.75, 3.05) is 20.8 Å². The van der Waals surface area contributed by atoms with Gasteiger partial charge < -0.3 is 19.3 Å². The molecule has 0 bridgehead atoms. The highest BCUT2D eigenvalue weighted by Crippen LogP contribution is 2.38. The van der Waals surface area contributed by atoms with E-state index in [1.165, 1.54) is 43.1 Å². The van der Waals surface area contributed by atoms with Crippen LogP contribution in [0.25, 0.3) is 11.8 Å². The van der Waals surface area contributed by atoms with Gasteiger partial charge in [-0.1, -0.05) is 59.9 Å². The summed E-state index contributed by atoms with van der Waals surface area (Å²) in [6, 6.07) is 17.2. The normalized spacial score (nSPS) is 14.6. The summed E-state index contributed by atoms with van der Waals surface area (Å²) in [7, 11) is 2.98. The molecule has 4 aromatic rings. The SMILES string of the molecule is CCOC(=O)C1=C(c2ccccc2)N=c2sc(=Cc3cccc([N+](=O)[O-])c3O)c(=O)n2[C@@H]1c1ccc(OC)c(OC)c1. The first-order chi connectivity index (χ1) is 20.3. The number of hydrogen-bond donors (Lipinski definition) is 1. The van der Waals surface area contributed by atoms with Crippen LogP contribution in [0.4, 0.5) is 5.69 Å². The average molecular weight is 588 g/mol. The van der Waals surface area contributed by atoms with Gasteiger partial charge in [0.05, 0.1) is 47.6 Å². The number of ether oxygens (including phenoxy) is 3. The molecule has 0 spiro atoms. The molecule has 0 fully saturated rings. The van der Waals surface area contributed by atoms with Crippen molar-refractivity contribution in [3.63, 3.8) is 0 Å². The fourth-order valence-electron chi connectivity index (χ4n) is 4.73. The van der Waals surface area contributed by atoms with E-state index in [2.05, 4.69) is 0 Å². The van der Waals surface area contributed by atoms with E-state index in [4.69, 9.17) is 19.2 Å². The Morgan fingerprint density at radius 1 is 1.10 bits per heavy atom. The molecule has 5 rings (SSSR count). The van der Waals surface area contributed by atoms with E-state index in [0.29, 0.717) is 28.3 Å². The number of nitro groups is 1. The minimum Gasteiger partial charge on any atom is -0.502 e. The molecule has 0 saturated heterocycles. The number of phenolic OH excluding ortho intramolecular Hbond substituents is 1. The summed E-state index contributed by atoms with van der Waals surface area (Å²) >= 11 is 1.03. The van der Waals surface area contributed by atoms with Gasteiger partial charge in [-0.25, -0.2) is 9.79 Å². The van der Waals surface area contributed by atoms with Crippen molar-refractivity contribution in [2.45, 2.75) is 13.0 Å². The minimum absolute atomic E-state index is 0.0880. The van der Waals surface area contributed by atoms with Gasteiger partial charge in [-0.15, -0.1) is 0 Å². The number of aromatic hydroxyl groups is 1. The second kappa shape index (κ2) is 11.7.